The van der Waals surface area contributed by atoms with Crippen LogP contribution in [0.2, 0.25) is 5.02 Å². The fraction of sp³-hybridized carbons (Fsp3) is 0.381. The average Bonchev–Trinajstić information content (AvgIpc) is 3.13. The van der Waals surface area contributed by atoms with E-state index < -0.39 is 0 Å². The molecule has 0 saturated heterocycles. The van der Waals surface area contributed by atoms with E-state index in [4.69, 9.17) is 16.3 Å². The topological polar surface area (TPSA) is 33.6 Å². The number of aryl methyl sites for hydroxylation is 1. The molecule has 0 spiro atoms. The van der Waals surface area contributed by atoms with Crippen molar-refractivity contribution in [2.24, 2.45) is 4.99 Å². The molecule has 0 aliphatic carbocycles. The van der Waals surface area contributed by atoms with Crippen molar-refractivity contribution in [3.8, 4) is 5.75 Å². The molecule has 5 heteroatoms. The lowest BCUT2D eigenvalue weighted by molar-refractivity contribution is 0.409. The molecule has 1 atom stereocenters. The number of benzene rings is 2. The predicted octanol–water partition coefficient (Wildman–Crippen LogP) is 5.39. The van der Waals surface area contributed by atoms with Crippen molar-refractivity contribution in [3.05, 3.63) is 62.6 Å². The van der Waals surface area contributed by atoms with E-state index in [1.165, 1.54) is 16.7 Å². The number of hydrogen-bond donors (Lipinski definition) is 1. The van der Waals surface area contributed by atoms with Gasteiger partial charge in [0.1, 0.15) is 5.75 Å². The van der Waals surface area contributed by atoms with Crippen LogP contribution in [0.15, 0.2) is 45.9 Å². The molecule has 1 aliphatic rings. The molecule has 3 rings (SSSR count). The van der Waals surface area contributed by atoms with Gasteiger partial charge in [-0.15, -0.1) is 0 Å². The van der Waals surface area contributed by atoms with Crippen molar-refractivity contribution < 1.29 is 4.74 Å². The fourth-order valence-electron chi connectivity index (χ4n) is 3.49. The maximum Gasteiger partial charge on any atom is 0.122 e. The average molecular weight is 436 g/mol. The smallest absolute Gasteiger partial charge is 0.122 e. The van der Waals surface area contributed by atoms with Crippen LogP contribution in [0.3, 0.4) is 0 Å². The van der Waals surface area contributed by atoms with Gasteiger partial charge in [-0.1, -0.05) is 46.6 Å². The zero-order valence-electron chi connectivity index (χ0n) is 15.2. The van der Waals surface area contributed by atoms with Crippen LogP contribution in [0, 0.1) is 0 Å². The Morgan fingerprint density at radius 1 is 1.27 bits per heavy atom. The summed E-state index contributed by atoms with van der Waals surface area (Å²) in [7, 11) is 1.71. The Balaban J connectivity index is 1.80. The Hall–Kier alpha value is -1.52. The van der Waals surface area contributed by atoms with E-state index in [2.05, 4.69) is 45.3 Å². The summed E-state index contributed by atoms with van der Waals surface area (Å²) in [6, 6.07) is 12.3. The summed E-state index contributed by atoms with van der Waals surface area (Å²) in [5.74, 6) is 2.40. The second-order valence-corrected chi connectivity index (χ2v) is 7.95. The lowest BCUT2D eigenvalue weighted by Gasteiger charge is -2.18. The maximum absolute atomic E-state index is 6.57. The van der Waals surface area contributed by atoms with Crippen LogP contribution in [-0.2, 0) is 12.8 Å². The highest BCUT2D eigenvalue weighted by atomic mass is 79.9. The second-order valence-electron chi connectivity index (χ2n) is 6.62. The monoisotopic (exact) mass is 434 g/mol. The molecular weight excluding hydrogens is 412 g/mol. The van der Waals surface area contributed by atoms with Crippen LogP contribution in [0.25, 0.3) is 0 Å². The second kappa shape index (κ2) is 8.92. The van der Waals surface area contributed by atoms with Crippen molar-refractivity contribution in [3.63, 3.8) is 0 Å². The summed E-state index contributed by atoms with van der Waals surface area (Å²) in [6.45, 7) is 4.08. The van der Waals surface area contributed by atoms with E-state index in [0.717, 1.165) is 53.4 Å². The van der Waals surface area contributed by atoms with Crippen molar-refractivity contribution in [1.29, 1.82) is 0 Å². The van der Waals surface area contributed by atoms with Crippen LogP contribution in [0.4, 0.5) is 0 Å². The van der Waals surface area contributed by atoms with Gasteiger partial charge in [0.05, 0.1) is 19.5 Å². The van der Waals surface area contributed by atoms with E-state index in [0.29, 0.717) is 5.92 Å². The minimum atomic E-state index is 0.373. The summed E-state index contributed by atoms with van der Waals surface area (Å²) in [5, 5.41) is 4.20. The van der Waals surface area contributed by atoms with Crippen molar-refractivity contribution in [2.45, 2.75) is 32.1 Å². The number of methoxy groups -OCH3 is 1. The molecule has 0 fully saturated rings. The van der Waals surface area contributed by atoms with Gasteiger partial charge in [0, 0.05) is 22.5 Å². The Bertz CT molecular complexity index is 807. The van der Waals surface area contributed by atoms with E-state index in [9.17, 15) is 0 Å². The molecule has 2 aromatic rings. The van der Waals surface area contributed by atoms with Crippen molar-refractivity contribution in [2.75, 3.05) is 20.2 Å². The predicted molar refractivity (Wildman–Crippen MR) is 113 cm³/mol. The zero-order valence-corrected chi connectivity index (χ0v) is 17.5. The first kappa shape index (κ1) is 19.2. The highest BCUT2D eigenvalue weighted by molar-refractivity contribution is 9.10. The summed E-state index contributed by atoms with van der Waals surface area (Å²) in [6.07, 6.45) is 2.69. The molecule has 1 heterocycles. The first-order chi connectivity index (χ1) is 12.6. The molecule has 138 valence electrons. The number of ether oxygens (including phenoxy) is 1. The maximum atomic E-state index is 6.57. The van der Waals surface area contributed by atoms with Gasteiger partial charge in [-0.25, -0.2) is 0 Å². The highest BCUT2D eigenvalue weighted by Crippen LogP contribution is 2.31. The number of halogens is 2. The van der Waals surface area contributed by atoms with Crippen LogP contribution in [0.1, 0.15) is 36.0 Å². The van der Waals surface area contributed by atoms with Gasteiger partial charge in [0.15, 0.2) is 0 Å². The Kier molecular flexibility index (Phi) is 6.60. The number of nitrogens with one attached hydrogen (secondary N) is 1. The molecule has 0 amide bonds. The first-order valence-corrected chi connectivity index (χ1v) is 10.1. The summed E-state index contributed by atoms with van der Waals surface area (Å²) >= 11 is 10.1. The normalized spacial score (nSPS) is 14.7. The fourth-order valence-corrected chi connectivity index (χ4v) is 4.17. The zero-order chi connectivity index (χ0) is 18.5. The third kappa shape index (κ3) is 4.60. The standard InChI is InChI=1S/C21H24BrClN2O/c1-14(12-21-24-10-11-25-21)17-4-3-5-19(23)18(17)8-6-15-13-16(22)7-9-20(15)26-2/h3-5,7,9,13-14H,6,8,10-12H2,1-2H3,(H,24,25). The van der Waals surface area contributed by atoms with Crippen molar-refractivity contribution in [1.82, 2.24) is 5.32 Å². The lowest BCUT2D eigenvalue weighted by atomic mass is 9.90. The van der Waals surface area contributed by atoms with Crippen LogP contribution >= 0.6 is 27.5 Å². The van der Waals surface area contributed by atoms with Gasteiger partial charge in [-0.05, 0) is 59.7 Å². The molecule has 0 bridgehead atoms. The van der Waals surface area contributed by atoms with E-state index in [-0.39, 0.29) is 0 Å². The minimum absolute atomic E-state index is 0.373. The summed E-state index contributed by atoms with van der Waals surface area (Å²) in [4.78, 5) is 4.53. The van der Waals surface area contributed by atoms with Crippen LogP contribution < -0.4 is 10.1 Å². The molecule has 1 N–H and O–H groups in total. The molecule has 2 aromatic carbocycles. The first-order valence-electron chi connectivity index (χ1n) is 8.95. The van der Waals surface area contributed by atoms with Crippen molar-refractivity contribution >= 4 is 33.4 Å². The molecule has 3 nitrogen and oxygen atoms in total. The Labute approximate surface area is 168 Å². The third-order valence-corrected chi connectivity index (χ3v) is 5.66. The molecule has 1 aliphatic heterocycles. The van der Waals surface area contributed by atoms with Gasteiger partial charge in [-0.2, -0.15) is 0 Å². The highest BCUT2D eigenvalue weighted by Gasteiger charge is 2.17. The van der Waals surface area contributed by atoms with Gasteiger partial charge in [0.25, 0.3) is 0 Å². The number of nitrogens with zero attached hydrogens (tertiary/aromatic N) is 1. The van der Waals surface area contributed by atoms with Gasteiger partial charge in [-0.3, -0.25) is 4.99 Å². The summed E-state index contributed by atoms with van der Waals surface area (Å²) in [5.41, 5.74) is 3.72. The number of amidine groups is 1. The molecule has 0 aromatic heterocycles. The third-order valence-electron chi connectivity index (χ3n) is 4.82. The van der Waals surface area contributed by atoms with E-state index >= 15 is 0 Å². The largest absolute Gasteiger partial charge is 0.496 e. The van der Waals surface area contributed by atoms with Gasteiger partial charge < -0.3 is 10.1 Å². The number of hydrogen-bond acceptors (Lipinski definition) is 3. The molecule has 0 radical (unpaired) electrons. The molecule has 0 saturated carbocycles. The van der Waals surface area contributed by atoms with E-state index in [1.54, 1.807) is 7.11 Å². The minimum Gasteiger partial charge on any atom is -0.496 e. The molecular formula is C21H24BrClN2O. The van der Waals surface area contributed by atoms with Gasteiger partial charge in [0.2, 0.25) is 0 Å². The lowest BCUT2D eigenvalue weighted by Crippen LogP contribution is -2.20. The van der Waals surface area contributed by atoms with Crippen LogP contribution in [-0.4, -0.2) is 26.0 Å². The quantitative estimate of drug-likeness (QED) is 0.632. The SMILES string of the molecule is COc1ccc(Br)cc1CCc1c(Cl)cccc1C(C)CC1=NCCN1. The number of rotatable bonds is 7. The molecule has 26 heavy (non-hydrogen) atoms. The van der Waals surface area contributed by atoms with Crippen LogP contribution in [0.5, 0.6) is 5.75 Å². The number of aliphatic imine (C=N–C) groups is 1. The van der Waals surface area contributed by atoms with Gasteiger partial charge >= 0.3 is 0 Å². The molecule has 1 unspecified atom stereocenters. The Morgan fingerprint density at radius 2 is 2.12 bits per heavy atom. The van der Waals surface area contributed by atoms with E-state index in [1.807, 2.05) is 24.3 Å². The Morgan fingerprint density at radius 3 is 2.85 bits per heavy atom. The summed E-state index contributed by atoms with van der Waals surface area (Å²) < 4.78 is 6.57.